The largest absolute Gasteiger partial charge is 0.320 e. The molecule has 27 heavy (non-hydrogen) atoms. The molecule has 0 unspecified atom stereocenters. The van der Waals surface area contributed by atoms with Gasteiger partial charge in [0.05, 0.1) is 4.90 Å². The first-order chi connectivity index (χ1) is 12.7. The molecule has 1 heterocycles. The number of carbonyl (C=O) groups is 1. The Balaban J connectivity index is 1.74. The van der Waals surface area contributed by atoms with Gasteiger partial charge in [0.25, 0.3) is 15.9 Å². The fourth-order valence-corrected chi connectivity index (χ4v) is 4.69. The van der Waals surface area contributed by atoms with E-state index in [0.29, 0.717) is 5.69 Å². The summed E-state index contributed by atoms with van der Waals surface area (Å²) in [4.78, 5) is 16.6. The zero-order valence-corrected chi connectivity index (χ0v) is 17.7. The lowest BCUT2D eigenvalue weighted by Gasteiger charge is -2.07. The van der Waals surface area contributed by atoms with Crippen molar-refractivity contribution in [2.24, 2.45) is 0 Å². The number of aromatic nitrogens is 1. The highest BCUT2D eigenvalue weighted by molar-refractivity contribution is 9.10. The molecule has 6 nitrogen and oxygen atoms in total. The Morgan fingerprint density at radius 1 is 1.11 bits per heavy atom. The Hall–Kier alpha value is -2.23. The first-order valence-corrected chi connectivity index (χ1v) is 11.0. The molecule has 1 amide bonds. The van der Waals surface area contributed by atoms with Crippen molar-refractivity contribution in [2.45, 2.75) is 18.7 Å². The second kappa shape index (κ2) is 7.79. The van der Waals surface area contributed by atoms with E-state index < -0.39 is 15.9 Å². The molecule has 140 valence electrons. The van der Waals surface area contributed by atoms with E-state index in [9.17, 15) is 13.2 Å². The monoisotopic (exact) mass is 465 g/mol. The number of amides is 1. The number of halogens is 1. The number of thiazole rings is 1. The zero-order chi connectivity index (χ0) is 19.6. The Labute approximate surface area is 169 Å². The van der Waals surface area contributed by atoms with E-state index >= 15 is 0 Å². The van der Waals surface area contributed by atoms with E-state index in [1.54, 1.807) is 18.2 Å². The smallest absolute Gasteiger partial charge is 0.275 e. The summed E-state index contributed by atoms with van der Waals surface area (Å²) >= 11 is 4.42. The number of carbonyl (C=O) groups excluding carboxylic acids is 1. The van der Waals surface area contributed by atoms with Crippen LogP contribution in [0.1, 0.15) is 21.6 Å². The number of benzene rings is 2. The summed E-state index contributed by atoms with van der Waals surface area (Å²) < 4.78 is 28.1. The van der Waals surface area contributed by atoms with Crippen LogP contribution in [0.2, 0.25) is 0 Å². The number of hydrogen-bond acceptors (Lipinski definition) is 5. The lowest BCUT2D eigenvalue weighted by molar-refractivity contribution is 0.102. The summed E-state index contributed by atoms with van der Waals surface area (Å²) in [5, 5.41) is 4.42. The molecule has 0 saturated heterocycles. The van der Waals surface area contributed by atoms with Crippen LogP contribution in [0.15, 0.2) is 57.2 Å². The third kappa shape index (κ3) is 4.74. The molecule has 1 aromatic heterocycles. The minimum absolute atomic E-state index is 0.133. The topological polar surface area (TPSA) is 88.2 Å². The first-order valence-electron chi connectivity index (χ1n) is 7.87. The van der Waals surface area contributed by atoms with Crippen molar-refractivity contribution in [3.8, 4) is 0 Å². The second-order valence-electron chi connectivity index (χ2n) is 5.87. The van der Waals surface area contributed by atoms with E-state index in [0.717, 1.165) is 26.9 Å². The van der Waals surface area contributed by atoms with Gasteiger partial charge in [-0.15, -0.1) is 11.3 Å². The Kier molecular flexibility index (Phi) is 5.64. The summed E-state index contributed by atoms with van der Waals surface area (Å²) in [7, 11) is -3.75. The summed E-state index contributed by atoms with van der Waals surface area (Å²) in [6.07, 6.45) is 0. The predicted octanol–water partition coefficient (Wildman–Crippen LogP) is 4.58. The third-order valence-corrected chi connectivity index (χ3v) is 6.46. The highest BCUT2D eigenvalue weighted by Crippen LogP contribution is 2.23. The Bertz CT molecular complexity index is 1090. The van der Waals surface area contributed by atoms with Crippen LogP contribution in [-0.2, 0) is 10.0 Å². The van der Waals surface area contributed by atoms with Gasteiger partial charge >= 0.3 is 0 Å². The molecule has 0 radical (unpaired) electrons. The van der Waals surface area contributed by atoms with Crippen molar-refractivity contribution in [3.63, 3.8) is 0 Å². The van der Waals surface area contributed by atoms with Crippen molar-refractivity contribution in [2.75, 3.05) is 10.0 Å². The molecule has 0 aliphatic heterocycles. The minimum atomic E-state index is -3.75. The number of nitrogens with one attached hydrogen (secondary N) is 2. The average molecular weight is 466 g/mol. The van der Waals surface area contributed by atoms with E-state index in [4.69, 9.17) is 0 Å². The molecule has 0 saturated carbocycles. The van der Waals surface area contributed by atoms with Crippen LogP contribution in [0, 0.1) is 13.8 Å². The molecule has 0 bridgehead atoms. The summed E-state index contributed by atoms with van der Waals surface area (Å²) in [6, 6.07) is 12.0. The van der Waals surface area contributed by atoms with Crippen LogP contribution in [0.4, 0.5) is 10.8 Å². The number of sulfonamides is 1. The first kappa shape index (κ1) is 19.5. The van der Waals surface area contributed by atoms with Crippen molar-refractivity contribution >= 4 is 54.0 Å². The third-order valence-electron chi connectivity index (χ3n) is 3.73. The minimum Gasteiger partial charge on any atom is -0.320 e. The molecule has 0 aliphatic rings. The van der Waals surface area contributed by atoms with Crippen LogP contribution >= 0.6 is 27.3 Å². The van der Waals surface area contributed by atoms with Crippen LogP contribution < -0.4 is 10.0 Å². The molecule has 3 aromatic rings. The maximum atomic E-state index is 12.4. The van der Waals surface area contributed by atoms with Gasteiger partial charge in [-0.05, 0) is 49.7 Å². The SMILES string of the molecule is Cc1ccc(S(=O)(=O)Nc2nc(C(=O)Nc3ccc(Br)cc3C)cs2)cc1. The van der Waals surface area contributed by atoms with Gasteiger partial charge in [-0.1, -0.05) is 33.6 Å². The van der Waals surface area contributed by atoms with Gasteiger partial charge < -0.3 is 5.32 Å². The lowest BCUT2D eigenvalue weighted by atomic mass is 10.2. The van der Waals surface area contributed by atoms with Gasteiger partial charge in [0.15, 0.2) is 5.13 Å². The van der Waals surface area contributed by atoms with Crippen LogP contribution in [0.5, 0.6) is 0 Å². The summed E-state index contributed by atoms with van der Waals surface area (Å²) in [6.45, 7) is 3.76. The van der Waals surface area contributed by atoms with Gasteiger partial charge in [0.1, 0.15) is 5.69 Å². The van der Waals surface area contributed by atoms with Crippen molar-refractivity contribution in [1.82, 2.24) is 4.98 Å². The molecule has 2 N–H and O–H groups in total. The van der Waals surface area contributed by atoms with E-state index in [2.05, 4.69) is 31.0 Å². The van der Waals surface area contributed by atoms with Crippen molar-refractivity contribution in [3.05, 3.63) is 69.1 Å². The maximum absolute atomic E-state index is 12.4. The van der Waals surface area contributed by atoms with Crippen molar-refractivity contribution in [1.29, 1.82) is 0 Å². The average Bonchev–Trinajstić information content (AvgIpc) is 3.05. The number of rotatable bonds is 5. The normalized spacial score (nSPS) is 11.2. The molecule has 0 aliphatic carbocycles. The van der Waals surface area contributed by atoms with Gasteiger partial charge in [0.2, 0.25) is 0 Å². The maximum Gasteiger partial charge on any atom is 0.275 e. The quantitative estimate of drug-likeness (QED) is 0.577. The lowest BCUT2D eigenvalue weighted by Crippen LogP contribution is -2.15. The van der Waals surface area contributed by atoms with Gasteiger partial charge in [-0.3, -0.25) is 9.52 Å². The molecule has 0 atom stereocenters. The molecular weight excluding hydrogens is 450 g/mol. The fraction of sp³-hybridized carbons (Fsp3) is 0.111. The van der Waals surface area contributed by atoms with Crippen LogP contribution in [-0.4, -0.2) is 19.3 Å². The molecule has 9 heteroatoms. The predicted molar refractivity (Wildman–Crippen MR) is 111 cm³/mol. The molecule has 0 fully saturated rings. The number of anilines is 2. The standard InChI is InChI=1S/C18H16BrN3O3S2/c1-11-3-6-14(7-4-11)27(24,25)22-18-21-16(10-26-18)17(23)20-15-8-5-13(19)9-12(15)2/h3-10H,1-2H3,(H,20,23)(H,21,22). The van der Waals surface area contributed by atoms with Gasteiger partial charge in [-0.2, -0.15) is 0 Å². The van der Waals surface area contributed by atoms with E-state index in [1.165, 1.54) is 17.5 Å². The number of aryl methyl sites for hydroxylation is 2. The van der Waals surface area contributed by atoms with Crippen LogP contribution in [0.3, 0.4) is 0 Å². The summed E-state index contributed by atoms with van der Waals surface area (Å²) in [5.41, 5.74) is 2.67. The van der Waals surface area contributed by atoms with E-state index in [-0.39, 0.29) is 15.7 Å². The highest BCUT2D eigenvalue weighted by atomic mass is 79.9. The summed E-state index contributed by atoms with van der Waals surface area (Å²) in [5.74, 6) is -0.405. The second-order valence-corrected chi connectivity index (χ2v) is 9.33. The Morgan fingerprint density at radius 3 is 2.48 bits per heavy atom. The van der Waals surface area contributed by atoms with Crippen molar-refractivity contribution < 1.29 is 13.2 Å². The molecule has 0 spiro atoms. The molecular formula is C18H16BrN3O3S2. The highest BCUT2D eigenvalue weighted by Gasteiger charge is 2.18. The van der Waals surface area contributed by atoms with Gasteiger partial charge in [-0.25, -0.2) is 13.4 Å². The number of nitrogens with zero attached hydrogens (tertiary/aromatic N) is 1. The van der Waals surface area contributed by atoms with Crippen LogP contribution in [0.25, 0.3) is 0 Å². The van der Waals surface area contributed by atoms with E-state index in [1.807, 2.05) is 26.0 Å². The van der Waals surface area contributed by atoms with Gasteiger partial charge in [0, 0.05) is 15.5 Å². The molecule has 3 rings (SSSR count). The zero-order valence-electron chi connectivity index (χ0n) is 14.5. The Morgan fingerprint density at radius 2 is 1.81 bits per heavy atom. The molecule has 2 aromatic carbocycles. The fourth-order valence-electron chi connectivity index (χ4n) is 2.27. The number of hydrogen-bond donors (Lipinski definition) is 2.